The highest BCUT2D eigenvalue weighted by molar-refractivity contribution is 7.99. The zero-order chi connectivity index (χ0) is 22.5. The molecule has 0 spiro atoms. The number of thioether (sulfide) groups is 1. The molecule has 1 amide bonds. The number of carbonyl (C=O) groups is 1. The summed E-state index contributed by atoms with van der Waals surface area (Å²) in [5.74, 6) is 1.59. The average Bonchev–Trinajstić information content (AvgIpc) is 3.30. The number of carbonyl (C=O) groups excluding carboxylic acids is 1. The highest BCUT2D eigenvalue weighted by Crippen LogP contribution is 2.36. The Bertz CT molecular complexity index is 1110. The van der Waals surface area contributed by atoms with Crippen LogP contribution < -0.4 is 14.8 Å². The minimum atomic E-state index is -0.218. The van der Waals surface area contributed by atoms with E-state index in [1.165, 1.54) is 36.4 Å². The third-order valence-electron chi connectivity index (χ3n) is 4.64. The third-order valence-corrected chi connectivity index (χ3v) is 6.91. The van der Waals surface area contributed by atoms with Crippen molar-refractivity contribution < 1.29 is 14.3 Å². The van der Waals surface area contributed by atoms with E-state index in [0.29, 0.717) is 33.9 Å². The Labute approximate surface area is 194 Å². The number of nitrogens with zero attached hydrogens (tertiary/aromatic N) is 3. The molecule has 0 radical (unpaired) electrons. The van der Waals surface area contributed by atoms with E-state index in [1.54, 1.807) is 29.5 Å². The van der Waals surface area contributed by atoms with Crippen molar-refractivity contribution in [1.29, 1.82) is 0 Å². The zero-order valence-corrected chi connectivity index (χ0v) is 20.1. The quantitative estimate of drug-likeness (QED) is 0.336. The number of halogens is 1. The third kappa shape index (κ3) is 5.06. The van der Waals surface area contributed by atoms with Gasteiger partial charge in [-0.2, -0.15) is 0 Å². The summed E-state index contributed by atoms with van der Waals surface area (Å²) < 4.78 is 12.5. The summed E-state index contributed by atoms with van der Waals surface area (Å²) >= 11 is 9.11. The van der Waals surface area contributed by atoms with Gasteiger partial charge < -0.3 is 14.8 Å². The van der Waals surface area contributed by atoms with E-state index in [0.717, 1.165) is 11.4 Å². The minimum Gasteiger partial charge on any atom is -0.495 e. The molecule has 31 heavy (non-hydrogen) atoms. The fraction of sp³-hybridized carbons (Fsp3) is 0.286. The molecule has 3 rings (SSSR count). The SMILES string of the molecule is C=CCn1c(SCC(=O)Nc2cc(OC)c(Cl)cc2OC)nnc1-c1csc(C)c1C. The second kappa shape index (κ2) is 10.2. The normalized spacial score (nSPS) is 10.7. The van der Waals surface area contributed by atoms with Gasteiger partial charge in [-0.05, 0) is 19.4 Å². The first-order chi connectivity index (χ1) is 14.9. The van der Waals surface area contributed by atoms with E-state index in [4.69, 9.17) is 21.1 Å². The molecule has 1 aromatic carbocycles. The summed E-state index contributed by atoms with van der Waals surface area (Å²) in [6.45, 7) is 8.53. The van der Waals surface area contributed by atoms with Gasteiger partial charge in [0.2, 0.25) is 5.91 Å². The minimum absolute atomic E-state index is 0.144. The van der Waals surface area contributed by atoms with Crippen LogP contribution in [0.15, 0.2) is 35.3 Å². The number of allylic oxidation sites excluding steroid dienone is 1. The van der Waals surface area contributed by atoms with Crippen molar-refractivity contribution in [3.05, 3.63) is 45.6 Å². The van der Waals surface area contributed by atoms with Gasteiger partial charge in [0.05, 0.1) is 30.7 Å². The van der Waals surface area contributed by atoms with E-state index in [9.17, 15) is 4.79 Å². The van der Waals surface area contributed by atoms with Crippen molar-refractivity contribution >= 4 is 46.3 Å². The summed E-state index contributed by atoms with van der Waals surface area (Å²) in [5, 5.41) is 14.6. The first kappa shape index (κ1) is 23.2. The van der Waals surface area contributed by atoms with Gasteiger partial charge in [0.15, 0.2) is 11.0 Å². The van der Waals surface area contributed by atoms with Crippen molar-refractivity contribution in [3.8, 4) is 22.9 Å². The molecular formula is C21H23ClN4O3S2. The van der Waals surface area contributed by atoms with Crippen molar-refractivity contribution in [3.63, 3.8) is 0 Å². The summed E-state index contributed by atoms with van der Waals surface area (Å²) in [4.78, 5) is 13.8. The van der Waals surface area contributed by atoms with E-state index in [1.807, 2.05) is 4.57 Å². The van der Waals surface area contributed by atoms with Crippen LogP contribution in [0.4, 0.5) is 5.69 Å². The molecule has 0 bridgehead atoms. The standard InChI is InChI=1S/C21H23ClN4O3S2/c1-6-7-26-20(14-10-30-13(3)12(14)2)24-25-21(26)31-11-19(27)23-16-9-17(28-4)15(22)8-18(16)29-5/h6,8-10H,1,7,11H2,2-5H3,(H,23,27). The number of hydrogen-bond donors (Lipinski definition) is 1. The molecular weight excluding hydrogens is 456 g/mol. The van der Waals surface area contributed by atoms with Gasteiger partial charge in [0.25, 0.3) is 0 Å². The van der Waals surface area contributed by atoms with Crippen LogP contribution in [-0.2, 0) is 11.3 Å². The Balaban J connectivity index is 1.76. The van der Waals surface area contributed by atoms with Crippen molar-refractivity contribution in [2.75, 3.05) is 25.3 Å². The van der Waals surface area contributed by atoms with E-state index in [-0.39, 0.29) is 11.7 Å². The monoisotopic (exact) mass is 478 g/mol. The van der Waals surface area contributed by atoms with Crippen LogP contribution in [0, 0.1) is 13.8 Å². The largest absolute Gasteiger partial charge is 0.495 e. The van der Waals surface area contributed by atoms with E-state index in [2.05, 4.69) is 41.3 Å². The highest BCUT2D eigenvalue weighted by atomic mass is 35.5. The molecule has 0 saturated carbocycles. The van der Waals surface area contributed by atoms with Crippen LogP contribution in [0.3, 0.4) is 0 Å². The molecule has 2 aromatic heterocycles. The number of anilines is 1. The maximum atomic E-state index is 12.6. The molecule has 0 aliphatic heterocycles. The Morgan fingerprint density at radius 1 is 1.29 bits per heavy atom. The summed E-state index contributed by atoms with van der Waals surface area (Å²) in [7, 11) is 3.02. The van der Waals surface area contributed by atoms with Gasteiger partial charge in [0.1, 0.15) is 11.5 Å². The fourth-order valence-electron chi connectivity index (χ4n) is 2.90. The number of benzene rings is 1. The average molecular weight is 479 g/mol. The molecule has 7 nitrogen and oxygen atoms in total. The zero-order valence-electron chi connectivity index (χ0n) is 17.7. The molecule has 0 aliphatic carbocycles. The predicted octanol–water partition coefficient (Wildman–Crippen LogP) is 5.21. The number of thiophene rings is 1. The van der Waals surface area contributed by atoms with Crippen LogP contribution in [0.25, 0.3) is 11.4 Å². The van der Waals surface area contributed by atoms with Crippen molar-refractivity contribution in [2.24, 2.45) is 0 Å². The molecule has 3 aromatic rings. The highest BCUT2D eigenvalue weighted by Gasteiger charge is 2.19. The maximum Gasteiger partial charge on any atom is 0.234 e. The topological polar surface area (TPSA) is 78.3 Å². The van der Waals surface area contributed by atoms with Gasteiger partial charge in [-0.15, -0.1) is 28.1 Å². The molecule has 0 atom stereocenters. The first-order valence-corrected chi connectivity index (χ1v) is 11.6. The fourth-order valence-corrected chi connectivity index (χ4v) is 4.74. The van der Waals surface area contributed by atoms with Gasteiger partial charge in [-0.25, -0.2) is 0 Å². The number of amides is 1. The molecule has 0 saturated heterocycles. The molecule has 10 heteroatoms. The van der Waals surface area contributed by atoms with E-state index >= 15 is 0 Å². The maximum absolute atomic E-state index is 12.6. The van der Waals surface area contributed by atoms with E-state index < -0.39 is 0 Å². The van der Waals surface area contributed by atoms with Gasteiger partial charge in [0, 0.05) is 34.5 Å². The van der Waals surface area contributed by atoms with Crippen LogP contribution in [0.1, 0.15) is 10.4 Å². The Morgan fingerprint density at radius 2 is 2.03 bits per heavy atom. The number of aromatic nitrogens is 3. The molecule has 164 valence electrons. The molecule has 0 unspecified atom stereocenters. The number of ether oxygens (including phenoxy) is 2. The van der Waals surface area contributed by atoms with Gasteiger partial charge >= 0.3 is 0 Å². The lowest BCUT2D eigenvalue weighted by atomic mass is 10.1. The number of methoxy groups -OCH3 is 2. The Hall–Kier alpha value is -2.49. The number of nitrogens with one attached hydrogen (secondary N) is 1. The first-order valence-electron chi connectivity index (χ1n) is 9.32. The van der Waals surface area contributed by atoms with Crippen molar-refractivity contribution in [1.82, 2.24) is 14.8 Å². The summed E-state index contributed by atoms with van der Waals surface area (Å²) in [6, 6.07) is 3.23. The Morgan fingerprint density at radius 3 is 2.65 bits per heavy atom. The lowest BCUT2D eigenvalue weighted by molar-refractivity contribution is -0.113. The number of aryl methyl sites for hydroxylation is 1. The van der Waals surface area contributed by atoms with Crippen LogP contribution in [0.5, 0.6) is 11.5 Å². The Kier molecular flexibility index (Phi) is 7.64. The second-order valence-electron chi connectivity index (χ2n) is 6.56. The van der Waals surface area contributed by atoms with Crippen LogP contribution in [-0.4, -0.2) is 40.6 Å². The molecule has 2 heterocycles. The molecule has 0 fully saturated rings. The molecule has 1 N–H and O–H groups in total. The lowest BCUT2D eigenvalue weighted by Crippen LogP contribution is -2.15. The smallest absolute Gasteiger partial charge is 0.234 e. The van der Waals surface area contributed by atoms with Gasteiger partial charge in [-0.1, -0.05) is 29.4 Å². The summed E-state index contributed by atoms with van der Waals surface area (Å²) in [6.07, 6.45) is 1.79. The van der Waals surface area contributed by atoms with Crippen LogP contribution >= 0.6 is 34.7 Å². The number of hydrogen-bond acceptors (Lipinski definition) is 7. The number of rotatable bonds is 9. The van der Waals surface area contributed by atoms with Crippen LogP contribution in [0.2, 0.25) is 5.02 Å². The van der Waals surface area contributed by atoms with Crippen molar-refractivity contribution in [2.45, 2.75) is 25.5 Å². The summed E-state index contributed by atoms with van der Waals surface area (Å²) in [5.41, 5.74) is 2.71. The van der Waals surface area contributed by atoms with Gasteiger partial charge in [-0.3, -0.25) is 9.36 Å². The lowest BCUT2D eigenvalue weighted by Gasteiger charge is -2.13. The predicted molar refractivity (Wildman–Crippen MR) is 127 cm³/mol. The second-order valence-corrected chi connectivity index (χ2v) is 8.99. The molecule has 0 aliphatic rings.